The van der Waals surface area contributed by atoms with Gasteiger partial charge in [-0.15, -0.1) is 0 Å². The Morgan fingerprint density at radius 1 is 1.20 bits per heavy atom. The van der Waals surface area contributed by atoms with Crippen LogP contribution >= 0.6 is 11.6 Å². The fourth-order valence-electron chi connectivity index (χ4n) is 3.83. The van der Waals surface area contributed by atoms with Gasteiger partial charge in [-0.05, 0) is 69.3 Å². The number of hydrogen-bond acceptors (Lipinski definition) is 8. The van der Waals surface area contributed by atoms with E-state index in [4.69, 9.17) is 21.5 Å². The Labute approximate surface area is 208 Å². The van der Waals surface area contributed by atoms with Gasteiger partial charge in [0.2, 0.25) is 16.0 Å². The van der Waals surface area contributed by atoms with E-state index in [1.165, 1.54) is 6.07 Å². The van der Waals surface area contributed by atoms with Crippen molar-refractivity contribution in [3.63, 3.8) is 0 Å². The molecule has 1 fully saturated rings. The highest BCUT2D eigenvalue weighted by atomic mass is 35.5. The summed E-state index contributed by atoms with van der Waals surface area (Å²) in [5.74, 6) is -0.134. The molecule has 3 aromatic rings. The van der Waals surface area contributed by atoms with E-state index in [1.807, 2.05) is 0 Å². The third-order valence-electron chi connectivity index (χ3n) is 5.56. The molecule has 2 heterocycles. The van der Waals surface area contributed by atoms with Crippen LogP contribution in [-0.4, -0.2) is 49.5 Å². The Morgan fingerprint density at radius 2 is 1.94 bits per heavy atom. The van der Waals surface area contributed by atoms with Gasteiger partial charge in [-0.1, -0.05) is 17.7 Å². The van der Waals surface area contributed by atoms with E-state index in [1.54, 1.807) is 37.3 Å². The molecule has 1 saturated heterocycles. The van der Waals surface area contributed by atoms with Crippen molar-refractivity contribution in [3.05, 3.63) is 59.0 Å². The number of piperidine rings is 1. The summed E-state index contributed by atoms with van der Waals surface area (Å²) in [5.41, 5.74) is 1.40. The monoisotopic (exact) mass is 520 g/mol. The van der Waals surface area contributed by atoms with E-state index < -0.39 is 15.8 Å². The number of anilines is 4. The van der Waals surface area contributed by atoms with Crippen molar-refractivity contribution in [1.82, 2.24) is 14.9 Å². The lowest BCUT2D eigenvalue weighted by Gasteiger charge is -2.30. The highest BCUT2D eigenvalue weighted by Gasteiger charge is 2.20. The maximum atomic E-state index is 14.4. The van der Waals surface area contributed by atoms with Crippen molar-refractivity contribution in [2.45, 2.75) is 30.8 Å². The van der Waals surface area contributed by atoms with Gasteiger partial charge in [-0.2, -0.15) is 4.98 Å². The second-order valence-electron chi connectivity index (χ2n) is 8.45. The predicted octanol–water partition coefficient (Wildman–Crippen LogP) is 4.19. The maximum Gasteiger partial charge on any atom is 0.238 e. The first-order valence-corrected chi connectivity index (χ1v) is 12.9. The van der Waals surface area contributed by atoms with E-state index >= 15 is 0 Å². The number of sulfonamides is 1. The largest absolute Gasteiger partial charge is 0.488 e. The van der Waals surface area contributed by atoms with Crippen molar-refractivity contribution in [2.75, 3.05) is 30.8 Å². The smallest absolute Gasteiger partial charge is 0.238 e. The minimum Gasteiger partial charge on any atom is -0.488 e. The molecule has 4 N–H and O–H groups in total. The fourth-order valence-corrected chi connectivity index (χ4v) is 4.87. The molecule has 0 radical (unpaired) electrons. The molecule has 4 rings (SSSR count). The molecule has 0 bridgehead atoms. The van der Waals surface area contributed by atoms with Gasteiger partial charge in [0.1, 0.15) is 11.9 Å². The number of likely N-dealkylation sites (tertiary alicyclic amines) is 1. The Morgan fingerprint density at radius 3 is 2.66 bits per heavy atom. The van der Waals surface area contributed by atoms with Crippen LogP contribution in [0.3, 0.4) is 0 Å². The Kier molecular flexibility index (Phi) is 7.41. The molecule has 12 heteroatoms. The Bertz CT molecular complexity index is 1340. The lowest BCUT2D eigenvalue weighted by molar-refractivity contribution is 0.104. The average molecular weight is 521 g/mol. The van der Waals surface area contributed by atoms with Crippen LogP contribution in [0.1, 0.15) is 18.4 Å². The normalized spacial score (nSPS) is 16.7. The minimum absolute atomic E-state index is 0.0280. The minimum atomic E-state index is -3.90. The van der Waals surface area contributed by atoms with Gasteiger partial charge in [0.25, 0.3) is 0 Å². The predicted molar refractivity (Wildman–Crippen MR) is 134 cm³/mol. The summed E-state index contributed by atoms with van der Waals surface area (Å²) in [5, 5.41) is 11.4. The van der Waals surface area contributed by atoms with Crippen molar-refractivity contribution in [3.8, 4) is 5.75 Å². The van der Waals surface area contributed by atoms with E-state index in [0.717, 1.165) is 32.1 Å². The summed E-state index contributed by atoms with van der Waals surface area (Å²) in [7, 11) is -1.85. The SMILES string of the molecule is Cc1ccc(Nc2ncc(F)c(Nc3ccc(O[C@@H]4CCCN(C)C4)c(Cl)c3)n2)cc1S(N)(=O)=O. The molecule has 1 aliphatic heterocycles. The molecule has 0 spiro atoms. The summed E-state index contributed by atoms with van der Waals surface area (Å²) < 4.78 is 44.0. The number of primary sulfonamides is 1. The van der Waals surface area contributed by atoms with Crippen molar-refractivity contribution in [2.24, 2.45) is 5.14 Å². The second kappa shape index (κ2) is 10.3. The number of rotatable bonds is 7. The highest BCUT2D eigenvalue weighted by molar-refractivity contribution is 7.89. The molecular weight excluding hydrogens is 495 g/mol. The van der Waals surface area contributed by atoms with Crippen molar-refractivity contribution in [1.29, 1.82) is 0 Å². The molecule has 1 aromatic heterocycles. The van der Waals surface area contributed by atoms with Gasteiger partial charge in [-0.3, -0.25) is 0 Å². The molecule has 0 amide bonds. The van der Waals surface area contributed by atoms with Crippen LogP contribution in [0.2, 0.25) is 5.02 Å². The number of nitrogens with two attached hydrogens (primary N) is 1. The molecule has 1 atom stereocenters. The molecule has 0 unspecified atom stereocenters. The van der Waals surface area contributed by atoms with Gasteiger partial charge in [0.05, 0.1) is 16.1 Å². The third-order valence-corrected chi connectivity index (χ3v) is 6.91. The number of ether oxygens (including phenoxy) is 1. The zero-order valence-electron chi connectivity index (χ0n) is 19.3. The number of halogens is 2. The number of benzene rings is 2. The van der Waals surface area contributed by atoms with Gasteiger partial charge in [-0.25, -0.2) is 22.9 Å². The van der Waals surface area contributed by atoms with E-state index in [9.17, 15) is 12.8 Å². The standard InChI is InChI=1S/C23H26ClFN6O3S/c1-14-5-6-16(11-21(14)35(26,32)33)29-23-27-12-19(25)22(30-23)28-15-7-8-20(18(24)10-15)34-17-4-3-9-31(2)13-17/h5-8,10-12,17H,3-4,9,13H2,1-2H3,(H2,26,32,33)(H2,27,28,29,30)/t17-/m1/s1. The molecule has 1 aliphatic rings. The summed E-state index contributed by atoms with van der Waals surface area (Å²) in [6.07, 6.45) is 3.09. The molecule has 0 aliphatic carbocycles. The van der Waals surface area contributed by atoms with Crippen molar-refractivity contribution < 1.29 is 17.5 Å². The molecule has 9 nitrogen and oxygen atoms in total. The van der Waals surface area contributed by atoms with E-state index in [-0.39, 0.29) is 22.8 Å². The number of aryl methyl sites for hydroxylation is 1. The number of nitrogens with zero attached hydrogens (tertiary/aromatic N) is 3. The van der Waals surface area contributed by atoms with Crippen LogP contribution < -0.4 is 20.5 Å². The summed E-state index contributed by atoms with van der Waals surface area (Å²) in [4.78, 5) is 10.3. The van der Waals surface area contributed by atoms with Gasteiger partial charge in [0.15, 0.2) is 11.6 Å². The lowest BCUT2D eigenvalue weighted by Crippen LogP contribution is -2.38. The van der Waals surface area contributed by atoms with Crippen LogP contribution in [0.5, 0.6) is 5.75 Å². The first kappa shape index (κ1) is 25.1. The first-order chi connectivity index (χ1) is 16.6. The fraction of sp³-hybridized carbons (Fsp3) is 0.304. The van der Waals surface area contributed by atoms with Crippen molar-refractivity contribution >= 4 is 44.8 Å². The van der Waals surface area contributed by atoms with Crippen LogP contribution in [0.4, 0.5) is 27.5 Å². The topological polar surface area (TPSA) is 122 Å². The van der Waals surface area contributed by atoms with Gasteiger partial charge in [0, 0.05) is 17.9 Å². The highest BCUT2D eigenvalue weighted by Crippen LogP contribution is 2.31. The lowest BCUT2D eigenvalue weighted by atomic mass is 10.1. The Hall–Kier alpha value is -2.99. The quantitative estimate of drug-likeness (QED) is 0.424. The molecular formula is C23H26ClFN6O3S. The maximum absolute atomic E-state index is 14.4. The molecule has 186 valence electrons. The first-order valence-electron chi connectivity index (χ1n) is 10.9. The Balaban J connectivity index is 1.49. The summed E-state index contributed by atoms with van der Waals surface area (Å²) in [6, 6.07) is 9.71. The molecule has 2 aromatic carbocycles. The van der Waals surface area contributed by atoms with Crippen LogP contribution in [-0.2, 0) is 10.0 Å². The third kappa shape index (κ3) is 6.37. The zero-order chi connectivity index (χ0) is 25.2. The second-order valence-corrected chi connectivity index (χ2v) is 10.4. The van der Waals surface area contributed by atoms with E-state index in [0.29, 0.717) is 27.7 Å². The number of hydrogen-bond donors (Lipinski definition) is 3. The van der Waals surface area contributed by atoms with Gasteiger partial charge >= 0.3 is 0 Å². The van der Waals surface area contributed by atoms with Crippen LogP contribution in [0.25, 0.3) is 0 Å². The number of nitrogens with one attached hydrogen (secondary N) is 2. The van der Waals surface area contributed by atoms with E-state index in [2.05, 4.69) is 32.5 Å². The van der Waals surface area contributed by atoms with Crippen LogP contribution in [0.15, 0.2) is 47.5 Å². The summed E-state index contributed by atoms with van der Waals surface area (Å²) >= 11 is 6.42. The average Bonchev–Trinajstić information content (AvgIpc) is 2.78. The summed E-state index contributed by atoms with van der Waals surface area (Å²) in [6.45, 7) is 3.52. The number of likely N-dealkylation sites (N-methyl/N-ethyl adjacent to an activating group) is 1. The number of aromatic nitrogens is 2. The van der Waals surface area contributed by atoms with Gasteiger partial charge < -0.3 is 20.3 Å². The molecule has 35 heavy (non-hydrogen) atoms. The van der Waals surface area contributed by atoms with Crippen LogP contribution in [0, 0.1) is 12.7 Å². The molecule has 0 saturated carbocycles. The zero-order valence-corrected chi connectivity index (χ0v) is 20.8.